The molecular formula is C14H28N4O. The number of nitrogens with zero attached hydrogens (tertiary/aromatic N) is 3. The van der Waals surface area contributed by atoms with Crippen molar-refractivity contribution in [3.8, 4) is 6.07 Å². The van der Waals surface area contributed by atoms with E-state index in [-0.39, 0.29) is 11.3 Å². The molecule has 110 valence electrons. The minimum absolute atomic E-state index is 0.0146. The predicted molar refractivity (Wildman–Crippen MR) is 77.4 cm³/mol. The van der Waals surface area contributed by atoms with Crippen LogP contribution < -0.4 is 5.73 Å². The van der Waals surface area contributed by atoms with Gasteiger partial charge < -0.3 is 10.6 Å². The lowest BCUT2D eigenvalue weighted by atomic mass is 9.93. The summed E-state index contributed by atoms with van der Waals surface area (Å²) in [5.41, 5.74) is 5.76. The molecule has 0 spiro atoms. The number of hydrogen-bond donors (Lipinski definition) is 1. The first-order valence-electron chi connectivity index (χ1n) is 6.89. The van der Waals surface area contributed by atoms with Gasteiger partial charge in [0.25, 0.3) is 0 Å². The molecule has 19 heavy (non-hydrogen) atoms. The molecule has 0 aromatic rings. The Hall–Kier alpha value is -1.12. The van der Waals surface area contributed by atoms with Crippen molar-refractivity contribution in [1.82, 2.24) is 9.80 Å². The van der Waals surface area contributed by atoms with Crippen molar-refractivity contribution in [3.05, 3.63) is 0 Å². The Labute approximate surface area is 117 Å². The van der Waals surface area contributed by atoms with Gasteiger partial charge in [0.05, 0.1) is 19.0 Å². The number of amides is 1. The Morgan fingerprint density at radius 3 is 2.47 bits per heavy atom. The molecule has 0 aliphatic rings. The molecule has 1 amide bonds. The first-order chi connectivity index (χ1) is 8.86. The van der Waals surface area contributed by atoms with Crippen LogP contribution in [0.1, 0.15) is 33.6 Å². The van der Waals surface area contributed by atoms with Crippen molar-refractivity contribution >= 4 is 5.91 Å². The van der Waals surface area contributed by atoms with Crippen LogP contribution in [0.5, 0.6) is 0 Å². The Bertz CT molecular complexity index is 309. The third-order valence-corrected chi connectivity index (χ3v) is 3.09. The molecule has 0 saturated carbocycles. The Balaban J connectivity index is 4.41. The number of nitriles is 1. The zero-order valence-electron chi connectivity index (χ0n) is 12.8. The van der Waals surface area contributed by atoms with E-state index in [2.05, 4.69) is 31.7 Å². The van der Waals surface area contributed by atoms with Crippen LogP contribution in [0.15, 0.2) is 0 Å². The summed E-state index contributed by atoms with van der Waals surface area (Å²) in [4.78, 5) is 15.8. The van der Waals surface area contributed by atoms with Crippen molar-refractivity contribution in [1.29, 1.82) is 5.26 Å². The molecule has 0 aromatic heterocycles. The predicted octanol–water partition coefficient (Wildman–Crippen LogP) is 1.06. The molecular weight excluding hydrogens is 240 g/mol. The van der Waals surface area contributed by atoms with E-state index >= 15 is 0 Å². The van der Waals surface area contributed by atoms with Gasteiger partial charge in [-0.15, -0.1) is 0 Å². The van der Waals surface area contributed by atoms with Crippen LogP contribution in [0.25, 0.3) is 0 Å². The van der Waals surface area contributed by atoms with Crippen LogP contribution >= 0.6 is 0 Å². The van der Waals surface area contributed by atoms with Crippen LogP contribution in [0, 0.1) is 16.7 Å². The molecule has 0 aliphatic heterocycles. The van der Waals surface area contributed by atoms with Crippen LogP contribution in [0.2, 0.25) is 0 Å². The standard InChI is InChI=1S/C14H28N4O/c1-5-8-18(12-14(2,3)11-16)10-13(19)17(4)9-6-7-15/h5-6,8-12,16H2,1-4H3. The van der Waals surface area contributed by atoms with Crippen molar-refractivity contribution in [2.24, 2.45) is 11.1 Å². The van der Waals surface area contributed by atoms with E-state index in [1.165, 1.54) is 0 Å². The second-order valence-corrected chi connectivity index (χ2v) is 5.80. The van der Waals surface area contributed by atoms with Gasteiger partial charge in [-0.2, -0.15) is 5.26 Å². The van der Waals surface area contributed by atoms with E-state index in [4.69, 9.17) is 11.0 Å². The minimum atomic E-state index is 0.0146. The van der Waals surface area contributed by atoms with Gasteiger partial charge in [0.15, 0.2) is 0 Å². The number of likely N-dealkylation sites (N-methyl/N-ethyl adjacent to an activating group) is 1. The molecule has 0 fully saturated rings. The highest BCUT2D eigenvalue weighted by Crippen LogP contribution is 2.15. The minimum Gasteiger partial charge on any atom is -0.344 e. The van der Waals surface area contributed by atoms with Crippen LogP contribution in [-0.2, 0) is 4.79 Å². The van der Waals surface area contributed by atoms with E-state index in [1.54, 1.807) is 11.9 Å². The molecule has 0 radical (unpaired) electrons. The van der Waals surface area contributed by atoms with Crippen molar-refractivity contribution in [3.63, 3.8) is 0 Å². The number of carbonyl (C=O) groups is 1. The van der Waals surface area contributed by atoms with Crippen molar-refractivity contribution in [2.75, 3.05) is 39.8 Å². The summed E-state index contributed by atoms with van der Waals surface area (Å²) < 4.78 is 0. The summed E-state index contributed by atoms with van der Waals surface area (Å²) >= 11 is 0. The highest BCUT2D eigenvalue weighted by Gasteiger charge is 2.22. The second-order valence-electron chi connectivity index (χ2n) is 5.80. The van der Waals surface area contributed by atoms with Gasteiger partial charge in [-0.05, 0) is 24.9 Å². The number of hydrogen-bond acceptors (Lipinski definition) is 4. The van der Waals surface area contributed by atoms with Crippen molar-refractivity contribution < 1.29 is 4.79 Å². The molecule has 0 bridgehead atoms. The van der Waals surface area contributed by atoms with Crippen LogP contribution in [0.4, 0.5) is 0 Å². The third-order valence-electron chi connectivity index (χ3n) is 3.09. The number of carbonyl (C=O) groups excluding carboxylic acids is 1. The molecule has 5 heteroatoms. The van der Waals surface area contributed by atoms with Crippen molar-refractivity contribution in [2.45, 2.75) is 33.6 Å². The molecule has 0 rings (SSSR count). The lowest BCUT2D eigenvalue weighted by molar-refractivity contribution is -0.131. The fourth-order valence-corrected chi connectivity index (χ4v) is 1.85. The van der Waals surface area contributed by atoms with E-state index in [0.717, 1.165) is 19.5 Å². The fourth-order valence-electron chi connectivity index (χ4n) is 1.85. The smallest absolute Gasteiger partial charge is 0.236 e. The van der Waals surface area contributed by atoms with Gasteiger partial charge in [0.1, 0.15) is 0 Å². The lowest BCUT2D eigenvalue weighted by Crippen LogP contribution is -2.44. The highest BCUT2D eigenvalue weighted by molar-refractivity contribution is 5.78. The second kappa shape index (κ2) is 8.89. The Morgan fingerprint density at radius 2 is 2.00 bits per heavy atom. The average molecular weight is 268 g/mol. The lowest BCUT2D eigenvalue weighted by Gasteiger charge is -2.32. The molecule has 0 aliphatic carbocycles. The summed E-state index contributed by atoms with van der Waals surface area (Å²) in [6, 6.07) is 2.06. The zero-order chi connectivity index (χ0) is 14.9. The average Bonchev–Trinajstić information content (AvgIpc) is 2.35. The maximum atomic E-state index is 12.1. The summed E-state index contributed by atoms with van der Waals surface area (Å²) in [6.07, 6.45) is 1.39. The molecule has 2 N–H and O–H groups in total. The SMILES string of the molecule is CCCN(CC(=O)N(C)CCC#N)CC(C)(C)CN. The molecule has 0 heterocycles. The van der Waals surface area contributed by atoms with Gasteiger partial charge in [0.2, 0.25) is 5.91 Å². The van der Waals surface area contributed by atoms with E-state index in [1.807, 2.05) is 0 Å². The summed E-state index contributed by atoms with van der Waals surface area (Å²) in [5.74, 6) is 0.0662. The number of nitrogens with two attached hydrogens (primary N) is 1. The third kappa shape index (κ3) is 7.81. The maximum Gasteiger partial charge on any atom is 0.236 e. The van der Waals surface area contributed by atoms with Gasteiger partial charge >= 0.3 is 0 Å². The normalized spacial score (nSPS) is 11.4. The van der Waals surface area contributed by atoms with Gasteiger partial charge in [0, 0.05) is 20.1 Å². The molecule has 5 nitrogen and oxygen atoms in total. The first kappa shape index (κ1) is 17.9. The highest BCUT2D eigenvalue weighted by atomic mass is 16.2. The number of rotatable bonds is 9. The summed E-state index contributed by atoms with van der Waals surface area (Å²) in [6.45, 7) is 9.53. The zero-order valence-corrected chi connectivity index (χ0v) is 12.8. The monoisotopic (exact) mass is 268 g/mol. The Kier molecular flexibility index (Phi) is 8.37. The van der Waals surface area contributed by atoms with E-state index in [0.29, 0.717) is 26.1 Å². The summed E-state index contributed by atoms with van der Waals surface area (Å²) in [5, 5.41) is 8.54. The maximum absolute atomic E-state index is 12.1. The first-order valence-corrected chi connectivity index (χ1v) is 6.89. The van der Waals surface area contributed by atoms with Gasteiger partial charge in [-0.3, -0.25) is 9.69 Å². The van der Waals surface area contributed by atoms with Crippen LogP contribution in [0.3, 0.4) is 0 Å². The van der Waals surface area contributed by atoms with Crippen LogP contribution in [-0.4, -0.2) is 55.5 Å². The Morgan fingerprint density at radius 1 is 1.37 bits per heavy atom. The topological polar surface area (TPSA) is 73.4 Å². The molecule has 0 atom stereocenters. The molecule has 0 saturated heterocycles. The fraction of sp³-hybridized carbons (Fsp3) is 0.857. The molecule has 0 aromatic carbocycles. The summed E-state index contributed by atoms with van der Waals surface area (Å²) in [7, 11) is 1.75. The van der Waals surface area contributed by atoms with Gasteiger partial charge in [-0.1, -0.05) is 20.8 Å². The molecule has 0 unspecified atom stereocenters. The van der Waals surface area contributed by atoms with Gasteiger partial charge in [-0.25, -0.2) is 0 Å². The quantitative estimate of drug-likeness (QED) is 0.678. The largest absolute Gasteiger partial charge is 0.344 e. The van der Waals surface area contributed by atoms with E-state index < -0.39 is 0 Å². The van der Waals surface area contributed by atoms with E-state index in [9.17, 15) is 4.79 Å².